The minimum atomic E-state index is -0.453. The molecule has 0 heterocycles. The van der Waals surface area contributed by atoms with Crippen LogP contribution in [0.3, 0.4) is 0 Å². The molecule has 0 aliphatic carbocycles. The number of rotatable bonds is 5. The van der Waals surface area contributed by atoms with Crippen LogP contribution in [-0.2, 0) is 6.42 Å². The Morgan fingerprint density at radius 1 is 1.31 bits per heavy atom. The lowest BCUT2D eigenvalue weighted by molar-refractivity contribution is 0.156. The molecule has 90 valence electrons. The normalized spacial score (nSPS) is 13.1. The second-order valence-corrected chi connectivity index (χ2v) is 5.48. The summed E-state index contributed by atoms with van der Waals surface area (Å²) in [6, 6.07) is 4.82. The van der Waals surface area contributed by atoms with E-state index in [1.807, 2.05) is 0 Å². The van der Waals surface area contributed by atoms with Gasteiger partial charge in [0.05, 0.1) is 6.10 Å². The zero-order valence-electron chi connectivity index (χ0n) is 9.71. The van der Waals surface area contributed by atoms with Gasteiger partial charge in [-0.05, 0) is 42.5 Å². The third kappa shape index (κ3) is 4.62. The molecule has 3 heteroatoms. The summed E-state index contributed by atoms with van der Waals surface area (Å²) in [7, 11) is 0. The van der Waals surface area contributed by atoms with E-state index in [1.165, 1.54) is 6.07 Å². The smallest absolute Gasteiger partial charge is 0.126 e. The first-order valence-electron chi connectivity index (χ1n) is 5.61. The maximum absolute atomic E-state index is 13.4. The lowest BCUT2D eigenvalue weighted by Crippen LogP contribution is -2.12. The van der Waals surface area contributed by atoms with E-state index in [9.17, 15) is 9.50 Å². The average Bonchev–Trinajstić information content (AvgIpc) is 2.20. The Morgan fingerprint density at radius 3 is 2.62 bits per heavy atom. The standard InChI is InChI=1S/C13H18BrFO/c1-9(2)3-5-12(16)8-10-7-11(14)4-6-13(10)15/h4,6-7,9,12,16H,3,5,8H2,1-2H3. The molecule has 1 aromatic carbocycles. The number of halogens is 2. The Labute approximate surface area is 105 Å². The summed E-state index contributed by atoms with van der Waals surface area (Å²) in [5.41, 5.74) is 0.575. The monoisotopic (exact) mass is 288 g/mol. The molecule has 0 fully saturated rings. The predicted octanol–water partition coefficient (Wildman–Crippen LogP) is 3.93. The van der Waals surface area contributed by atoms with Gasteiger partial charge in [0.1, 0.15) is 5.82 Å². The maximum atomic E-state index is 13.4. The molecule has 1 N–H and O–H groups in total. The van der Waals surface area contributed by atoms with E-state index in [2.05, 4.69) is 29.8 Å². The summed E-state index contributed by atoms with van der Waals surface area (Å²) in [6.07, 6.45) is 1.63. The van der Waals surface area contributed by atoms with Crippen LogP contribution in [0.4, 0.5) is 4.39 Å². The van der Waals surface area contributed by atoms with Crippen molar-refractivity contribution < 1.29 is 9.50 Å². The highest BCUT2D eigenvalue weighted by atomic mass is 79.9. The molecule has 16 heavy (non-hydrogen) atoms. The molecular formula is C13H18BrFO. The average molecular weight is 289 g/mol. The van der Waals surface area contributed by atoms with Crippen LogP contribution >= 0.6 is 15.9 Å². The quantitative estimate of drug-likeness (QED) is 0.870. The first-order chi connectivity index (χ1) is 7.49. The fourth-order valence-electron chi connectivity index (χ4n) is 1.58. The minimum absolute atomic E-state index is 0.244. The molecule has 0 aliphatic heterocycles. The second-order valence-electron chi connectivity index (χ2n) is 4.56. The summed E-state index contributed by atoms with van der Waals surface area (Å²) < 4.78 is 14.2. The fourth-order valence-corrected chi connectivity index (χ4v) is 1.99. The maximum Gasteiger partial charge on any atom is 0.126 e. The van der Waals surface area contributed by atoms with Crippen molar-refractivity contribution >= 4 is 15.9 Å². The highest BCUT2D eigenvalue weighted by Crippen LogP contribution is 2.18. The Balaban J connectivity index is 2.55. The van der Waals surface area contributed by atoms with Gasteiger partial charge in [-0.1, -0.05) is 29.8 Å². The van der Waals surface area contributed by atoms with Gasteiger partial charge in [0.25, 0.3) is 0 Å². The highest BCUT2D eigenvalue weighted by Gasteiger charge is 2.10. The second kappa shape index (κ2) is 6.36. The Morgan fingerprint density at radius 2 is 2.00 bits per heavy atom. The first-order valence-corrected chi connectivity index (χ1v) is 6.40. The van der Waals surface area contributed by atoms with E-state index >= 15 is 0 Å². The molecule has 0 amide bonds. The van der Waals surface area contributed by atoms with Gasteiger partial charge in [0, 0.05) is 10.9 Å². The van der Waals surface area contributed by atoms with Crippen molar-refractivity contribution in [3.05, 3.63) is 34.1 Å². The Hall–Kier alpha value is -0.410. The van der Waals surface area contributed by atoms with Gasteiger partial charge in [-0.3, -0.25) is 0 Å². The molecule has 0 spiro atoms. The molecule has 0 saturated carbocycles. The van der Waals surface area contributed by atoms with Crippen molar-refractivity contribution in [1.82, 2.24) is 0 Å². The van der Waals surface area contributed by atoms with E-state index in [0.717, 1.165) is 17.3 Å². The van der Waals surface area contributed by atoms with Crippen LogP contribution in [0, 0.1) is 11.7 Å². The predicted molar refractivity (Wildman–Crippen MR) is 67.9 cm³/mol. The largest absolute Gasteiger partial charge is 0.393 e. The number of aliphatic hydroxyl groups excluding tert-OH is 1. The molecule has 1 rings (SSSR count). The molecule has 0 radical (unpaired) electrons. The van der Waals surface area contributed by atoms with E-state index in [0.29, 0.717) is 17.9 Å². The zero-order chi connectivity index (χ0) is 12.1. The molecule has 1 aromatic rings. The van der Waals surface area contributed by atoms with Crippen LogP contribution in [-0.4, -0.2) is 11.2 Å². The summed E-state index contributed by atoms with van der Waals surface area (Å²) in [4.78, 5) is 0. The number of aliphatic hydroxyl groups is 1. The molecule has 0 bridgehead atoms. The third-order valence-corrected chi connectivity index (χ3v) is 3.03. The van der Waals surface area contributed by atoms with Gasteiger partial charge in [-0.25, -0.2) is 4.39 Å². The van der Waals surface area contributed by atoms with Gasteiger partial charge in [0.15, 0.2) is 0 Å². The fraction of sp³-hybridized carbons (Fsp3) is 0.538. The van der Waals surface area contributed by atoms with Crippen LogP contribution < -0.4 is 0 Å². The SMILES string of the molecule is CC(C)CCC(O)Cc1cc(Br)ccc1F. The lowest BCUT2D eigenvalue weighted by Gasteiger charge is -2.12. The van der Waals surface area contributed by atoms with Crippen molar-refractivity contribution in [2.24, 2.45) is 5.92 Å². The van der Waals surface area contributed by atoms with Crippen LogP contribution in [0.5, 0.6) is 0 Å². The van der Waals surface area contributed by atoms with Crippen molar-refractivity contribution in [2.75, 3.05) is 0 Å². The van der Waals surface area contributed by atoms with E-state index in [-0.39, 0.29) is 5.82 Å². The molecule has 0 aromatic heterocycles. The molecule has 0 saturated heterocycles. The van der Waals surface area contributed by atoms with Crippen molar-refractivity contribution in [2.45, 2.75) is 39.2 Å². The van der Waals surface area contributed by atoms with Crippen LogP contribution in [0.25, 0.3) is 0 Å². The van der Waals surface area contributed by atoms with Crippen molar-refractivity contribution in [3.63, 3.8) is 0 Å². The van der Waals surface area contributed by atoms with Crippen molar-refractivity contribution in [3.8, 4) is 0 Å². The highest BCUT2D eigenvalue weighted by molar-refractivity contribution is 9.10. The van der Waals surface area contributed by atoms with Gasteiger partial charge < -0.3 is 5.11 Å². The van der Waals surface area contributed by atoms with Gasteiger partial charge >= 0.3 is 0 Å². The zero-order valence-corrected chi connectivity index (χ0v) is 11.3. The topological polar surface area (TPSA) is 20.2 Å². The first kappa shape index (κ1) is 13.7. The van der Waals surface area contributed by atoms with Gasteiger partial charge in [-0.15, -0.1) is 0 Å². The van der Waals surface area contributed by atoms with E-state index in [1.54, 1.807) is 12.1 Å². The van der Waals surface area contributed by atoms with Crippen LogP contribution in [0.2, 0.25) is 0 Å². The lowest BCUT2D eigenvalue weighted by atomic mass is 10.00. The molecule has 0 aliphatic rings. The Bertz CT molecular complexity index is 339. The number of benzene rings is 1. The summed E-state index contributed by atoms with van der Waals surface area (Å²) >= 11 is 3.30. The summed E-state index contributed by atoms with van der Waals surface area (Å²) in [5.74, 6) is 0.328. The molecular weight excluding hydrogens is 271 g/mol. The van der Waals surface area contributed by atoms with E-state index in [4.69, 9.17) is 0 Å². The van der Waals surface area contributed by atoms with Crippen LogP contribution in [0.15, 0.2) is 22.7 Å². The Kier molecular flexibility index (Phi) is 5.42. The van der Waals surface area contributed by atoms with E-state index < -0.39 is 6.10 Å². The molecule has 1 atom stereocenters. The van der Waals surface area contributed by atoms with Gasteiger partial charge in [0.2, 0.25) is 0 Å². The summed E-state index contributed by atoms with van der Waals surface area (Å²) in [5, 5.41) is 9.78. The minimum Gasteiger partial charge on any atom is -0.393 e. The van der Waals surface area contributed by atoms with Crippen LogP contribution in [0.1, 0.15) is 32.3 Å². The number of hydrogen-bond donors (Lipinski definition) is 1. The molecule has 1 nitrogen and oxygen atoms in total. The number of hydrogen-bond acceptors (Lipinski definition) is 1. The molecule has 1 unspecified atom stereocenters. The summed E-state index contributed by atoms with van der Waals surface area (Å²) in [6.45, 7) is 4.23. The third-order valence-electron chi connectivity index (χ3n) is 2.54. The van der Waals surface area contributed by atoms with Gasteiger partial charge in [-0.2, -0.15) is 0 Å². The van der Waals surface area contributed by atoms with Crippen molar-refractivity contribution in [1.29, 1.82) is 0 Å².